The van der Waals surface area contributed by atoms with E-state index >= 15 is 0 Å². The third kappa shape index (κ3) is 5.51. The number of hydrogen-bond acceptors (Lipinski definition) is 5. The number of methoxy groups -OCH3 is 1. The molecule has 3 N–H and O–H groups in total. The van der Waals surface area contributed by atoms with Crippen molar-refractivity contribution in [3.8, 4) is 11.5 Å². The van der Waals surface area contributed by atoms with Crippen LogP contribution in [0.25, 0.3) is 10.9 Å². The number of nitrogens with zero attached hydrogens (tertiary/aromatic N) is 3. The first kappa shape index (κ1) is 22.0. The smallest absolute Gasteiger partial charge is 0.155 e. The second-order valence-electron chi connectivity index (χ2n) is 7.54. The predicted octanol–water partition coefficient (Wildman–Crippen LogP) is 5.26. The van der Waals surface area contributed by atoms with Crippen molar-refractivity contribution in [2.24, 2.45) is 16.1 Å². The molecule has 33 heavy (non-hydrogen) atoms. The Labute approximate surface area is 192 Å². The van der Waals surface area contributed by atoms with E-state index in [1.165, 1.54) is 5.56 Å². The minimum Gasteiger partial charge on any atom is -0.496 e. The monoisotopic (exact) mass is 439 g/mol. The van der Waals surface area contributed by atoms with Crippen LogP contribution in [-0.4, -0.2) is 17.9 Å². The number of amidine groups is 1. The minimum absolute atomic E-state index is 0.181. The second kappa shape index (κ2) is 10.4. The summed E-state index contributed by atoms with van der Waals surface area (Å²) in [6.07, 6.45) is 1.62. The summed E-state index contributed by atoms with van der Waals surface area (Å²) in [7, 11) is 1.63. The number of benzene rings is 3. The number of nitrogens with one attached hydrogen (secondary N) is 1. The highest BCUT2D eigenvalue weighted by atomic mass is 16.5. The molecule has 0 bridgehead atoms. The van der Waals surface area contributed by atoms with E-state index in [1.54, 1.807) is 7.11 Å². The maximum Gasteiger partial charge on any atom is 0.155 e. The van der Waals surface area contributed by atoms with Gasteiger partial charge in [0, 0.05) is 10.9 Å². The fourth-order valence-corrected chi connectivity index (χ4v) is 3.64. The molecule has 0 amide bonds. The summed E-state index contributed by atoms with van der Waals surface area (Å²) in [4.78, 5) is 4.67. The third-order valence-corrected chi connectivity index (χ3v) is 5.36. The van der Waals surface area contributed by atoms with Gasteiger partial charge in [-0.05, 0) is 54.3 Å². The lowest BCUT2D eigenvalue weighted by Crippen LogP contribution is -2.13. The SMILES string of the molecule is COc1cc(/C(N)=N/N=N)ccc1CCc1cccc(OCc2ccc3ccccc3n2)c1. The zero-order valence-electron chi connectivity index (χ0n) is 18.4. The van der Waals surface area contributed by atoms with Crippen molar-refractivity contribution >= 4 is 16.7 Å². The molecule has 0 fully saturated rings. The fraction of sp³-hybridized carbons (Fsp3) is 0.154. The number of aryl methyl sites for hydroxylation is 2. The molecule has 0 unspecified atom stereocenters. The number of nitrogens with two attached hydrogens (primary N) is 1. The Kier molecular flexibility index (Phi) is 6.90. The number of fused-ring (bicyclic) bond motifs is 1. The van der Waals surface area contributed by atoms with Crippen molar-refractivity contribution in [3.63, 3.8) is 0 Å². The van der Waals surface area contributed by atoms with Crippen LogP contribution in [0.1, 0.15) is 22.4 Å². The number of pyridine rings is 1. The Morgan fingerprint density at radius 3 is 2.70 bits per heavy atom. The Balaban J connectivity index is 1.40. The van der Waals surface area contributed by atoms with Crippen molar-refractivity contribution in [1.29, 1.82) is 5.53 Å². The van der Waals surface area contributed by atoms with Crippen molar-refractivity contribution in [2.45, 2.75) is 19.4 Å². The summed E-state index contributed by atoms with van der Waals surface area (Å²) in [6, 6.07) is 25.9. The van der Waals surface area contributed by atoms with Gasteiger partial charge >= 0.3 is 0 Å². The van der Waals surface area contributed by atoms with Gasteiger partial charge in [0.1, 0.15) is 18.1 Å². The molecule has 4 aromatic rings. The average molecular weight is 440 g/mol. The summed E-state index contributed by atoms with van der Waals surface area (Å²) in [5.74, 6) is 1.72. The second-order valence-corrected chi connectivity index (χ2v) is 7.54. The zero-order chi connectivity index (χ0) is 23.0. The predicted molar refractivity (Wildman–Crippen MR) is 129 cm³/mol. The molecule has 0 aliphatic heterocycles. The maximum absolute atomic E-state index is 6.82. The minimum atomic E-state index is 0.181. The third-order valence-electron chi connectivity index (χ3n) is 5.36. The molecule has 0 aliphatic rings. The zero-order valence-corrected chi connectivity index (χ0v) is 18.4. The lowest BCUT2D eigenvalue weighted by atomic mass is 10.0. The van der Waals surface area contributed by atoms with Crippen LogP contribution >= 0.6 is 0 Å². The van der Waals surface area contributed by atoms with Crippen LogP contribution in [0.5, 0.6) is 11.5 Å². The maximum atomic E-state index is 6.82. The lowest BCUT2D eigenvalue weighted by Gasteiger charge is -2.11. The molecule has 3 aromatic carbocycles. The van der Waals surface area contributed by atoms with Crippen molar-refractivity contribution in [1.82, 2.24) is 4.98 Å². The number of ether oxygens (including phenoxy) is 2. The molecule has 7 heteroatoms. The molecule has 1 heterocycles. The standard InChI is InChI=1S/C26H25N5O2/c1-32-25-16-21(26(27)30-31-28)12-11-20(25)10-9-18-5-4-7-23(15-18)33-17-22-14-13-19-6-2-3-8-24(19)29-22/h2-8,11-16H,9-10,17H2,1H3,(H3,27,28,30). The van der Waals surface area contributed by atoms with E-state index in [4.69, 9.17) is 20.7 Å². The fourth-order valence-electron chi connectivity index (χ4n) is 3.64. The summed E-state index contributed by atoms with van der Waals surface area (Å²) in [5.41, 5.74) is 17.4. The van der Waals surface area contributed by atoms with Gasteiger partial charge < -0.3 is 15.2 Å². The molecule has 0 spiro atoms. The summed E-state index contributed by atoms with van der Waals surface area (Å²) in [5, 5.41) is 7.67. The molecule has 0 atom stereocenters. The van der Waals surface area contributed by atoms with Crippen molar-refractivity contribution in [3.05, 3.63) is 101 Å². The Morgan fingerprint density at radius 2 is 1.85 bits per heavy atom. The first-order chi connectivity index (χ1) is 16.2. The van der Waals surface area contributed by atoms with Gasteiger partial charge in [-0.2, -0.15) is 5.53 Å². The van der Waals surface area contributed by atoms with Gasteiger partial charge in [0.25, 0.3) is 0 Å². The Bertz CT molecular complexity index is 1300. The van der Waals surface area contributed by atoms with Gasteiger partial charge in [-0.15, -0.1) is 5.10 Å². The molecule has 0 saturated heterocycles. The summed E-state index contributed by atoms with van der Waals surface area (Å²) >= 11 is 0. The van der Waals surface area contributed by atoms with Crippen LogP contribution in [0.3, 0.4) is 0 Å². The average Bonchev–Trinajstić information content (AvgIpc) is 2.86. The van der Waals surface area contributed by atoms with E-state index in [2.05, 4.69) is 39.6 Å². The lowest BCUT2D eigenvalue weighted by molar-refractivity contribution is 0.301. The highest BCUT2D eigenvalue weighted by Crippen LogP contribution is 2.23. The number of para-hydroxylation sites is 1. The van der Waals surface area contributed by atoms with Crippen LogP contribution in [0, 0.1) is 5.53 Å². The quantitative estimate of drug-likeness (QED) is 0.161. The molecule has 0 saturated carbocycles. The molecule has 4 rings (SSSR count). The molecular weight excluding hydrogens is 414 g/mol. The molecule has 1 aromatic heterocycles. The molecule has 166 valence electrons. The van der Waals surface area contributed by atoms with E-state index in [0.717, 1.165) is 46.5 Å². The molecule has 0 radical (unpaired) electrons. The van der Waals surface area contributed by atoms with E-state index in [9.17, 15) is 0 Å². The topological polar surface area (TPSA) is 106 Å². The Hall–Kier alpha value is -4.26. The van der Waals surface area contributed by atoms with Gasteiger partial charge in [0.05, 0.1) is 18.3 Å². The molecule has 0 aliphatic carbocycles. The van der Waals surface area contributed by atoms with Crippen LogP contribution in [0.2, 0.25) is 0 Å². The van der Waals surface area contributed by atoms with Crippen molar-refractivity contribution in [2.75, 3.05) is 7.11 Å². The van der Waals surface area contributed by atoms with Gasteiger partial charge in [-0.1, -0.05) is 53.8 Å². The summed E-state index contributed by atoms with van der Waals surface area (Å²) in [6.45, 7) is 0.414. The van der Waals surface area contributed by atoms with E-state index in [1.807, 2.05) is 54.6 Å². The first-order valence-corrected chi connectivity index (χ1v) is 10.6. The molecular formula is C26H25N5O2. The Morgan fingerprint density at radius 1 is 0.970 bits per heavy atom. The summed E-state index contributed by atoms with van der Waals surface area (Å²) < 4.78 is 11.5. The van der Waals surface area contributed by atoms with E-state index < -0.39 is 0 Å². The highest BCUT2D eigenvalue weighted by molar-refractivity contribution is 5.97. The first-order valence-electron chi connectivity index (χ1n) is 10.6. The van der Waals surface area contributed by atoms with Gasteiger partial charge in [-0.25, -0.2) is 4.98 Å². The molecule has 7 nitrogen and oxygen atoms in total. The number of rotatable bonds is 9. The van der Waals surface area contributed by atoms with Crippen molar-refractivity contribution < 1.29 is 9.47 Å². The van der Waals surface area contributed by atoms with Gasteiger partial charge in [0.15, 0.2) is 5.84 Å². The van der Waals surface area contributed by atoms with E-state index in [-0.39, 0.29) is 5.84 Å². The normalized spacial score (nSPS) is 11.4. The number of hydrogen-bond donors (Lipinski definition) is 2. The van der Waals surface area contributed by atoms with E-state index in [0.29, 0.717) is 12.2 Å². The highest BCUT2D eigenvalue weighted by Gasteiger charge is 2.08. The van der Waals surface area contributed by atoms with Crippen LogP contribution in [0.15, 0.2) is 89.2 Å². The largest absolute Gasteiger partial charge is 0.496 e. The van der Waals surface area contributed by atoms with Gasteiger partial charge in [-0.3, -0.25) is 0 Å². The van der Waals surface area contributed by atoms with Crippen LogP contribution < -0.4 is 15.2 Å². The van der Waals surface area contributed by atoms with Crippen LogP contribution in [-0.2, 0) is 19.4 Å². The number of aromatic nitrogens is 1. The van der Waals surface area contributed by atoms with Gasteiger partial charge in [0.2, 0.25) is 0 Å². The van der Waals surface area contributed by atoms with Crippen LogP contribution in [0.4, 0.5) is 0 Å².